The van der Waals surface area contributed by atoms with Crippen LogP contribution in [0.3, 0.4) is 0 Å². The van der Waals surface area contributed by atoms with E-state index in [0.717, 1.165) is 16.7 Å². The van der Waals surface area contributed by atoms with Crippen molar-refractivity contribution in [2.24, 2.45) is 0 Å². The van der Waals surface area contributed by atoms with Gasteiger partial charge in [-0.1, -0.05) is 19.9 Å². The van der Waals surface area contributed by atoms with Crippen molar-refractivity contribution in [3.63, 3.8) is 0 Å². The lowest BCUT2D eigenvalue weighted by Gasteiger charge is -2.19. The van der Waals surface area contributed by atoms with Gasteiger partial charge in [-0.15, -0.1) is 0 Å². The Morgan fingerprint density at radius 3 is 2.74 bits per heavy atom. The summed E-state index contributed by atoms with van der Waals surface area (Å²) in [5.41, 5.74) is 7.47. The zero-order valence-electron chi connectivity index (χ0n) is 17.5. The number of nitrogens with zero attached hydrogens (tertiary/aromatic N) is 3. The van der Waals surface area contributed by atoms with E-state index in [0.29, 0.717) is 17.1 Å². The number of hydrogen-bond donors (Lipinski definition) is 2. The van der Waals surface area contributed by atoms with E-state index in [1.165, 1.54) is 10.6 Å². The number of rotatable bonds is 6. The van der Waals surface area contributed by atoms with Crippen LogP contribution in [0.4, 0.5) is 5.82 Å². The van der Waals surface area contributed by atoms with Crippen molar-refractivity contribution < 1.29 is 4.74 Å². The van der Waals surface area contributed by atoms with Crippen molar-refractivity contribution in [1.29, 1.82) is 5.26 Å². The van der Waals surface area contributed by atoms with E-state index in [9.17, 15) is 9.59 Å². The number of nitrogens with one attached hydrogen (secondary N) is 1. The van der Waals surface area contributed by atoms with Crippen LogP contribution in [0, 0.1) is 18.3 Å². The third-order valence-corrected chi connectivity index (χ3v) is 4.59. The van der Waals surface area contributed by atoms with Gasteiger partial charge in [0, 0.05) is 12.3 Å². The van der Waals surface area contributed by atoms with Crippen LogP contribution in [0.5, 0.6) is 11.6 Å². The number of aromatic nitrogens is 3. The van der Waals surface area contributed by atoms with Gasteiger partial charge in [-0.05, 0) is 59.9 Å². The molecule has 3 rings (SSSR count). The second kappa shape index (κ2) is 9.13. The van der Waals surface area contributed by atoms with Gasteiger partial charge in [0.15, 0.2) is 0 Å². The summed E-state index contributed by atoms with van der Waals surface area (Å²) in [6, 6.07) is 10.8. The fourth-order valence-corrected chi connectivity index (χ4v) is 3.28. The highest BCUT2D eigenvalue weighted by molar-refractivity contribution is 5.55. The smallest absolute Gasteiger partial charge is 0.331 e. The maximum atomic E-state index is 12.7. The summed E-state index contributed by atoms with van der Waals surface area (Å²) in [5, 5.41) is 8.80. The quantitative estimate of drug-likeness (QED) is 0.592. The van der Waals surface area contributed by atoms with Gasteiger partial charge in [-0.2, -0.15) is 5.26 Å². The van der Waals surface area contributed by atoms with Crippen LogP contribution >= 0.6 is 0 Å². The van der Waals surface area contributed by atoms with Crippen LogP contribution < -0.4 is 21.7 Å². The normalized spacial score (nSPS) is 11.1. The zero-order valence-corrected chi connectivity index (χ0v) is 17.5. The fraction of sp³-hybridized carbons (Fsp3) is 0.217. The minimum atomic E-state index is -0.586. The Balaban J connectivity index is 2.17. The number of benzene rings is 1. The summed E-state index contributed by atoms with van der Waals surface area (Å²) in [6.07, 6.45) is 4.59. The van der Waals surface area contributed by atoms with E-state index in [1.54, 1.807) is 36.5 Å². The molecule has 0 amide bonds. The molecule has 0 radical (unpaired) electrons. The molecule has 1 aromatic carbocycles. The third kappa shape index (κ3) is 5.08. The number of nitrogens with two attached hydrogens (primary N) is 1. The first kappa shape index (κ1) is 21.6. The molecule has 8 nitrogen and oxygen atoms in total. The van der Waals surface area contributed by atoms with E-state index in [-0.39, 0.29) is 18.3 Å². The molecule has 0 unspecified atom stereocenters. The largest absolute Gasteiger partial charge is 0.440 e. The number of nitrogen functional groups attached to an aromatic ring is 1. The van der Waals surface area contributed by atoms with Crippen LogP contribution in [0.15, 0.2) is 52.2 Å². The molecule has 0 aliphatic rings. The molecule has 3 aromatic rings. The van der Waals surface area contributed by atoms with Crippen LogP contribution in [-0.2, 0) is 6.54 Å². The van der Waals surface area contributed by atoms with Gasteiger partial charge < -0.3 is 10.5 Å². The Hall–Kier alpha value is -4.12. The first-order valence-corrected chi connectivity index (χ1v) is 9.71. The number of pyridine rings is 1. The molecule has 8 heteroatoms. The summed E-state index contributed by atoms with van der Waals surface area (Å²) in [7, 11) is 0. The molecule has 0 aliphatic heterocycles. The van der Waals surface area contributed by atoms with E-state index >= 15 is 0 Å². The van der Waals surface area contributed by atoms with Crippen molar-refractivity contribution in [3.8, 4) is 17.7 Å². The maximum Gasteiger partial charge on any atom is 0.331 e. The summed E-state index contributed by atoms with van der Waals surface area (Å²) in [4.78, 5) is 31.7. The molecule has 3 N–H and O–H groups in total. The Bertz CT molecular complexity index is 1300. The Morgan fingerprint density at radius 1 is 1.29 bits per heavy atom. The molecule has 0 saturated heterocycles. The van der Waals surface area contributed by atoms with Crippen LogP contribution in [-0.4, -0.2) is 14.5 Å². The lowest BCUT2D eigenvalue weighted by atomic mass is 10.1. The predicted molar refractivity (Wildman–Crippen MR) is 119 cm³/mol. The van der Waals surface area contributed by atoms with Crippen molar-refractivity contribution >= 4 is 11.9 Å². The molecule has 0 fully saturated rings. The van der Waals surface area contributed by atoms with Crippen molar-refractivity contribution in [2.75, 3.05) is 5.73 Å². The predicted octanol–water partition coefficient (Wildman–Crippen LogP) is 3.32. The van der Waals surface area contributed by atoms with E-state index in [1.807, 2.05) is 32.9 Å². The average molecular weight is 417 g/mol. The first-order chi connectivity index (χ1) is 14.8. The van der Waals surface area contributed by atoms with Gasteiger partial charge in [0.05, 0.1) is 18.2 Å². The van der Waals surface area contributed by atoms with Crippen LogP contribution in [0.2, 0.25) is 0 Å². The highest BCUT2D eigenvalue weighted by Gasteiger charge is 2.20. The van der Waals surface area contributed by atoms with Gasteiger partial charge in [-0.3, -0.25) is 14.3 Å². The minimum Gasteiger partial charge on any atom is -0.440 e. The van der Waals surface area contributed by atoms with E-state index < -0.39 is 11.2 Å². The molecule has 0 spiro atoms. The topological polar surface area (TPSA) is 127 Å². The zero-order chi connectivity index (χ0) is 22.5. The molecular formula is C23H23N5O3. The highest BCUT2D eigenvalue weighted by Crippen LogP contribution is 2.29. The van der Waals surface area contributed by atoms with Gasteiger partial charge in [0.1, 0.15) is 11.6 Å². The Morgan fingerprint density at radius 2 is 2.06 bits per heavy atom. The monoisotopic (exact) mass is 417 g/mol. The second-order valence-electron chi connectivity index (χ2n) is 7.45. The molecule has 0 bridgehead atoms. The summed E-state index contributed by atoms with van der Waals surface area (Å²) in [6.45, 7) is 5.75. The molecule has 158 valence electrons. The second-order valence-corrected chi connectivity index (χ2v) is 7.45. The minimum absolute atomic E-state index is 0.143. The van der Waals surface area contributed by atoms with Gasteiger partial charge in [0.25, 0.3) is 5.56 Å². The average Bonchev–Trinajstić information content (AvgIpc) is 2.68. The lowest BCUT2D eigenvalue weighted by Crippen LogP contribution is -2.34. The number of H-pyrrole nitrogens is 1. The van der Waals surface area contributed by atoms with Gasteiger partial charge in [-0.25, -0.2) is 9.78 Å². The molecule has 31 heavy (non-hydrogen) atoms. The summed E-state index contributed by atoms with van der Waals surface area (Å²) in [5.74, 6) is 0.748. The van der Waals surface area contributed by atoms with Gasteiger partial charge >= 0.3 is 5.69 Å². The molecule has 0 aliphatic carbocycles. The third-order valence-electron chi connectivity index (χ3n) is 4.59. The number of aromatic amines is 1. The first-order valence-electron chi connectivity index (χ1n) is 9.71. The fourth-order valence-electron chi connectivity index (χ4n) is 3.28. The maximum absolute atomic E-state index is 12.7. The number of hydrogen-bond acceptors (Lipinski definition) is 6. The number of aryl methyl sites for hydroxylation is 1. The molecule has 2 heterocycles. The van der Waals surface area contributed by atoms with Crippen molar-refractivity contribution in [3.05, 3.63) is 85.7 Å². The van der Waals surface area contributed by atoms with Crippen molar-refractivity contribution in [1.82, 2.24) is 14.5 Å². The lowest BCUT2D eigenvalue weighted by molar-refractivity contribution is 0.410. The SMILES string of the molecule is Cc1cc(/C=C/C#N)cc(Oc2c(C(C)C)c(=O)[nH]c(=O)n2Cc2ccnc(N)c2)c1. The van der Waals surface area contributed by atoms with E-state index in [2.05, 4.69) is 9.97 Å². The molecule has 0 atom stereocenters. The number of ether oxygens (including phenoxy) is 1. The molecule has 2 aromatic heterocycles. The summed E-state index contributed by atoms with van der Waals surface area (Å²) < 4.78 is 7.52. The Labute approximate surface area is 179 Å². The van der Waals surface area contributed by atoms with Crippen LogP contribution in [0.25, 0.3) is 6.08 Å². The van der Waals surface area contributed by atoms with E-state index in [4.69, 9.17) is 15.7 Å². The van der Waals surface area contributed by atoms with Crippen molar-refractivity contribution in [2.45, 2.75) is 33.2 Å². The van der Waals surface area contributed by atoms with Crippen LogP contribution in [0.1, 0.15) is 42.0 Å². The standard InChI is InChI=1S/C23H23N5O3/c1-14(2)20-21(29)27-23(30)28(13-17-6-8-26-19(25)12-17)22(20)31-18-10-15(3)9-16(11-18)5-4-7-24/h4-6,8-12,14H,13H2,1-3H3,(H2,25,26)(H,27,29,30)/b5-4+. The molecular weight excluding hydrogens is 394 g/mol. The highest BCUT2D eigenvalue weighted by atomic mass is 16.5. The number of nitriles is 1. The Kier molecular flexibility index (Phi) is 6.36. The molecule has 0 saturated carbocycles. The van der Waals surface area contributed by atoms with Gasteiger partial charge in [0.2, 0.25) is 5.88 Å². The number of allylic oxidation sites excluding steroid dienone is 1. The number of anilines is 1. The summed E-state index contributed by atoms with van der Waals surface area (Å²) >= 11 is 0.